The number of carbonyl (C=O) groups excluding carboxylic acids is 3. The third-order valence-electron chi connectivity index (χ3n) is 3.76. The monoisotopic (exact) mass is 448 g/mol. The lowest BCUT2D eigenvalue weighted by Gasteiger charge is -2.04. The van der Waals surface area contributed by atoms with Gasteiger partial charge in [-0.25, -0.2) is 14.3 Å². The molecule has 2 heterocycles. The molecule has 0 saturated carbocycles. The van der Waals surface area contributed by atoms with Gasteiger partial charge in [0.2, 0.25) is 0 Å². The van der Waals surface area contributed by atoms with Crippen molar-refractivity contribution >= 4 is 53.5 Å². The molecule has 1 aromatic heterocycles. The molecule has 1 aliphatic heterocycles. The van der Waals surface area contributed by atoms with Crippen LogP contribution in [0.15, 0.2) is 38.3 Å². The van der Waals surface area contributed by atoms with Crippen molar-refractivity contribution in [2.24, 2.45) is 0 Å². The van der Waals surface area contributed by atoms with E-state index in [1.54, 1.807) is 0 Å². The summed E-state index contributed by atoms with van der Waals surface area (Å²) in [5.74, 6) is -1.40. The van der Waals surface area contributed by atoms with Gasteiger partial charge in [-0.1, -0.05) is 28.7 Å². The Bertz CT molecular complexity index is 1080. The Balaban J connectivity index is 2.01. The summed E-state index contributed by atoms with van der Waals surface area (Å²) in [5.41, 5.74) is 0.596. The number of esters is 2. The molecule has 0 unspecified atom stereocenters. The van der Waals surface area contributed by atoms with Crippen molar-refractivity contribution in [2.75, 3.05) is 14.2 Å². The molecule has 30 heavy (non-hydrogen) atoms. The highest BCUT2D eigenvalue weighted by atomic mass is 32.2. The summed E-state index contributed by atoms with van der Waals surface area (Å²) >= 11 is 1.95. The summed E-state index contributed by atoms with van der Waals surface area (Å²) in [4.78, 5) is 45.8. The molecule has 1 aliphatic rings. The quantitative estimate of drug-likeness (QED) is 0.278. The van der Waals surface area contributed by atoms with Crippen LogP contribution in [0.2, 0.25) is 0 Å². The van der Waals surface area contributed by atoms with Gasteiger partial charge in [0.15, 0.2) is 12.0 Å². The van der Waals surface area contributed by atoms with E-state index < -0.39 is 16.9 Å². The summed E-state index contributed by atoms with van der Waals surface area (Å²) in [6.07, 6.45) is 2.03. The molecule has 11 nitrogen and oxygen atoms in total. The van der Waals surface area contributed by atoms with E-state index in [1.807, 2.05) is 0 Å². The molecule has 0 aliphatic carbocycles. The Kier molecular flexibility index (Phi) is 6.32. The predicted octanol–water partition coefficient (Wildman–Crippen LogP) is 2.32. The molecule has 3 rings (SSSR count). The van der Waals surface area contributed by atoms with Crippen molar-refractivity contribution in [1.29, 1.82) is 0 Å². The van der Waals surface area contributed by atoms with Crippen LogP contribution in [0.1, 0.15) is 16.2 Å². The minimum Gasteiger partial charge on any atom is -0.465 e. The maximum Gasteiger partial charge on any atom is 0.346 e. The number of thioether (sulfide) groups is 2. The van der Waals surface area contributed by atoms with Crippen LogP contribution >= 0.6 is 23.5 Å². The second-order valence-electron chi connectivity index (χ2n) is 5.47. The summed E-state index contributed by atoms with van der Waals surface area (Å²) in [7, 11) is 2.38. The van der Waals surface area contributed by atoms with E-state index in [4.69, 9.17) is 9.47 Å². The first-order chi connectivity index (χ1) is 14.4. The molecule has 0 N–H and O–H groups in total. The van der Waals surface area contributed by atoms with Gasteiger partial charge in [0, 0.05) is 12.1 Å². The van der Waals surface area contributed by atoms with Gasteiger partial charge < -0.3 is 9.47 Å². The Morgan fingerprint density at radius 2 is 1.67 bits per heavy atom. The molecule has 0 fully saturated rings. The minimum absolute atomic E-state index is 0.00758. The van der Waals surface area contributed by atoms with Crippen molar-refractivity contribution in [3.63, 3.8) is 0 Å². The summed E-state index contributed by atoms with van der Waals surface area (Å²) in [6.45, 7) is 0. The van der Waals surface area contributed by atoms with Crippen molar-refractivity contribution in [1.82, 2.24) is 15.0 Å². The number of aromatic nitrogens is 3. The predicted molar refractivity (Wildman–Crippen MR) is 108 cm³/mol. The molecule has 0 spiro atoms. The molecule has 154 valence electrons. The summed E-state index contributed by atoms with van der Waals surface area (Å²) in [6, 6.07) is 5.49. The van der Waals surface area contributed by atoms with Crippen molar-refractivity contribution < 1.29 is 28.8 Å². The van der Waals surface area contributed by atoms with Gasteiger partial charge in [-0.3, -0.25) is 14.9 Å². The van der Waals surface area contributed by atoms with Crippen LogP contribution in [-0.4, -0.2) is 52.4 Å². The van der Waals surface area contributed by atoms with E-state index in [2.05, 4.69) is 10.3 Å². The zero-order valence-corrected chi connectivity index (χ0v) is 17.1. The number of benzene rings is 1. The van der Waals surface area contributed by atoms with Crippen LogP contribution in [0.3, 0.4) is 0 Å². The SMILES string of the molecule is COC(=O)C1=C(C(=O)OC)SC(=Cc2c(C=O)nnn2-c2ccc([N+](=O)[O-])cc2)S1. The van der Waals surface area contributed by atoms with Crippen LogP contribution in [0.25, 0.3) is 11.8 Å². The first-order valence-electron chi connectivity index (χ1n) is 8.03. The maximum absolute atomic E-state index is 12.0. The largest absolute Gasteiger partial charge is 0.465 e. The topological polar surface area (TPSA) is 144 Å². The molecule has 0 amide bonds. The average Bonchev–Trinajstić information content (AvgIpc) is 3.37. The molecule has 0 saturated heterocycles. The fourth-order valence-corrected chi connectivity index (χ4v) is 4.71. The second kappa shape index (κ2) is 8.92. The molecule has 13 heteroatoms. The molecule has 0 bridgehead atoms. The molecule has 2 aromatic rings. The van der Waals surface area contributed by atoms with Crippen LogP contribution in [0.5, 0.6) is 0 Å². The summed E-state index contributed by atoms with van der Waals surface area (Å²) < 4.78 is 11.2. The van der Waals surface area contributed by atoms with Crippen LogP contribution in [0, 0.1) is 10.1 Å². The van der Waals surface area contributed by atoms with Crippen molar-refractivity contribution in [3.8, 4) is 5.69 Å². The normalized spacial score (nSPS) is 13.2. The zero-order chi connectivity index (χ0) is 21.8. The molecule has 0 radical (unpaired) electrons. The van der Waals surface area contributed by atoms with Gasteiger partial charge in [0.1, 0.15) is 9.81 Å². The van der Waals surface area contributed by atoms with Gasteiger partial charge in [-0.05, 0) is 18.2 Å². The minimum atomic E-state index is -0.700. The van der Waals surface area contributed by atoms with Crippen molar-refractivity contribution in [3.05, 3.63) is 59.8 Å². The number of aldehydes is 1. The molecule has 1 aromatic carbocycles. The number of carbonyl (C=O) groups is 3. The van der Waals surface area contributed by atoms with Crippen LogP contribution in [0.4, 0.5) is 5.69 Å². The Hall–Kier alpha value is -3.45. The lowest BCUT2D eigenvalue weighted by Crippen LogP contribution is -2.08. The number of hydrogen-bond acceptors (Lipinski definition) is 11. The Morgan fingerprint density at radius 3 is 2.13 bits per heavy atom. The Labute approximate surface area is 177 Å². The fourth-order valence-electron chi connectivity index (χ4n) is 2.37. The number of rotatable bonds is 6. The highest BCUT2D eigenvalue weighted by molar-refractivity contribution is 8.29. The van der Waals surface area contributed by atoms with E-state index in [9.17, 15) is 24.5 Å². The Morgan fingerprint density at radius 1 is 1.10 bits per heavy atom. The third-order valence-corrected chi connectivity index (χ3v) is 6.17. The van der Waals surface area contributed by atoms with Crippen LogP contribution in [-0.2, 0) is 19.1 Å². The van der Waals surface area contributed by atoms with Gasteiger partial charge in [-0.2, -0.15) is 0 Å². The number of nitro benzene ring substituents is 1. The van der Waals surface area contributed by atoms with E-state index >= 15 is 0 Å². The van der Waals surface area contributed by atoms with Gasteiger partial charge in [0.05, 0.1) is 34.8 Å². The standard InChI is InChI=1S/C17H12N4O7S2/c1-27-16(23)14-15(17(24)28-2)30-13(29-14)7-12-11(8-22)18-19-20(12)9-3-5-10(6-4-9)21(25)26/h3-8H,1-2H3. The summed E-state index contributed by atoms with van der Waals surface area (Å²) in [5, 5.41) is 18.6. The fraction of sp³-hybridized carbons (Fsp3) is 0.118. The first kappa shape index (κ1) is 21.3. The van der Waals surface area contributed by atoms with Gasteiger partial charge >= 0.3 is 11.9 Å². The second-order valence-corrected chi connectivity index (χ2v) is 7.83. The lowest BCUT2D eigenvalue weighted by molar-refractivity contribution is -0.384. The number of methoxy groups -OCH3 is 2. The smallest absolute Gasteiger partial charge is 0.346 e. The zero-order valence-electron chi connectivity index (χ0n) is 15.4. The number of nitro groups is 1. The molecular formula is C17H12N4O7S2. The van der Waals surface area contributed by atoms with E-state index in [0.717, 1.165) is 23.5 Å². The molecular weight excluding hydrogens is 436 g/mol. The van der Waals surface area contributed by atoms with E-state index in [0.29, 0.717) is 16.2 Å². The highest BCUT2D eigenvalue weighted by Gasteiger charge is 2.32. The number of non-ortho nitro benzene ring substituents is 1. The molecule has 0 atom stereocenters. The lowest BCUT2D eigenvalue weighted by atomic mass is 10.2. The van der Waals surface area contributed by atoms with Gasteiger partial charge in [0.25, 0.3) is 5.69 Å². The number of hydrogen-bond donors (Lipinski definition) is 0. The van der Waals surface area contributed by atoms with Gasteiger partial charge in [-0.15, -0.1) is 5.10 Å². The number of nitrogens with zero attached hydrogens (tertiary/aromatic N) is 4. The first-order valence-corrected chi connectivity index (χ1v) is 9.67. The van der Waals surface area contributed by atoms with Crippen LogP contribution < -0.4 is 0 Å². The van der Waals surface area contributed by atoms with E-state index in [-0.39, 0.29) is 26.9 Å². The average molecular weight is 448 g/mol. The maximum atomic E-state index is 12.0. The van der Waals surface area contributed by atoms with E-state index in [1.165, 1.54) is 49.2 Å². The number of ether oxygens (including phenoxy) is 2. The van der Waals surface area contributed by atoms with Crippen molar-refractivity contribution in [2.45, 2.75) is 0 Å². The highest BCUT2D eigenvalue weighted by Crippen LogP contribution is 2.50. The third kappa shape index (κ3) is 4.11.